The summed E-state index contributed by atoms with van der Waals surface area (Å²) in [7, 11) is 0. The Morgan fingerprint density at radius 3 is 2.13 bits per heavy atom. The van der Waals surface area contributed by atoms with E-state index in [1.807, 2.05) is 0 Å². The lowest BCUT2D eigenvalue weighted by atomic mass is 9.92. The van der Waals surface area contributed by atoms with Crippen LogP contribution < -0.4 is 5.73 Å². The molecule has 15 heavy (non-hydrogen) atoms. The van der Waals surface area contributed by atoms with Crippen molar-refractivity contribution in [2.45, 2.75) is 46.1 Å². The molecular weight excluding hydrogens is 184 g/mol. The fourth-order valence-electron chi connectivity index (χ4n) is 3.12. The highest BCUT2D eigenvalue weighted by Gasteiger charge is 2.39. The summed E-state index contributed by atoms with van der Waals surface area (Å²) in [6, 6.07) is 0.504. The molecule has 0 aromatic heterocycles. The molecule has 1 saturated heterocycles. The summed E-state index contributed by atoms with van der Waals surface area (Å²) in [5, 5.41) is 0. The van der Waals surface area contributed by atoms with Gasteiger partial charge in [0.1, 0.15) is 0 Å². The number of nitrogens with zero attached hydrogens (tertiary/aromatic N) is 1. The van der Waals surface area contributed by atoms with Crippen molar-refractivity contribution in [3.8, 4) is 0 Å². The van der Waals surface area contributed by atoms with Crippen molar-refractivity contribution in [2.24, 2.45) is 23.0 Å². The van der Waals surface area contributed by atoms with Gasteiger partial charge in [-0.3, -0.25) is 0 Å². The molecule has 0 aromatic carbocycles. The van der Waals surface area contributed by atoms with Crippen molar-refractivity contribution < 1.29 is 0 Å². The van der Waals surface area contributed by atoms with Gasteiger partial charge in [-0.05, 0) is 43.1 Å². The second-order valence-electron chi connectivity index (χ2n) is 6.82. The van der Waals surface area contributed by atoms with E-state index in [0.717, 1.165) is 11.8 Å². The summed E-state index contributed by atoms with van der Waals surface area (Å²) >= 11 is 0. The van der Waals surface area contributed by atoms with Gasteiger partial charge in [-0.1, -0.05) is 20.8 Å². The van der Waals surface area contributed by atoms with Crippen LogP contribution in [0.3, 0.4) is 0 Å². The molecule has 88 valence electrons. The number of hydrogen-bond donors (Lipinski definition) is 1. The smallest absolute Gasteiger partial charge is 0.00452 e. The monoisotopic (exact) mass is 210 g/mol. The second-order valence-corrected chi connectivity index (χ2v) is 6.82. The lowest BCUT2D eigenvalue weighted by Gasteiger charge is -2.24. The summed E-state index contributed by atoms with van der Waals surface area (Å²) in [6.45, 7) is 10.9. The van der Waals surface area contributed by atoms with Gasteiger partial charge in [-0.2, -0.15) is 0 Å². The third-order valence-corrected chi connectivity index (χ3v) is 4.04. The van der Waals surface area contributed by atoms with E-state index in [1.165, 1.54) is 38.9 Å². The summed E-state index contributed by atoms with van der Waals surface area (Å²) < 4.78 is 0. The Morgan fingerprint density at radius 1 is 1.13 bits per heavy atom. The summed E-state index contributed by atoms with van der Waals surface area (Å²) in [5.74, 6) is 1.83. The van der Waals surface area contributed by atoms with Crippen LogP contribution in [0.1, 0.15) is 40.0 Å². The molecule has 1 heterocycles. The maximum Gasteiger partial charge on any atom is 0.00452 e. The molecule has 2 aliphatic rings. The zero-order valence-corrected chi connectivity index (χ0v) is 10.5. The summed E-state index contributed by atoms with van der Waals surface area (Å²) in [5.41, 5.74) is 6.48. The Morgan fingerprint density at radius 2 is 1.67 bits per heavy atom. The predicted molar refractivity (Wildman–Crippen MR) is 64.7 cm³/mol. The van der Waals surface area contributed by atoms with Crippen molar-refractivity contribution in [3.63, 3.8) is 0 Å². The van der Waals surface area contributed by atoms with Crippen LogP contribution in [0.15, 0.2) is 0 Å². The zero-order valence-electron chi connectivity index (χ0n) is 10.5. The number of fused-ring (bicyclic) bond motifs is 1. The van der Waals surface area contributed by atoms with Crippen molar-refractivity contribution in [3.05, 3.63) is 0 Å². The Bertz CT molecular complexity index is 205. The first kappa shape index (κ1) is 11.4. The van der Waals surface area contributed by atoms with Crippen molar-refractivity contribution in [1.29, 1.82) is 0 Å². The van der Waals surface area contributed by atoms with E-state index in [1.54, 1.807) is 0 Å². The van der Waals surface area contributed by atoms with Gasteiger partial charge >= 0.3 is 0 Å². The average Bonchev–Trinajstić information content (AvgIpc) is 2.55. The number of likely N-dealkylation sites (tertiary alicyclic amines) is 1. The van der Waals surface area contributed by atoms with Crippen LogP contribution in [0.4, 0.5) is 0 Å². The van der Waals surface area contributed by atoms with Crippen LogP contribution in [0.2, 0.25) is 0 Å². The summed E-state index contributed by atoms with van der Waals surface area (Å²) in [4.78, 5) is 2.66. The quantitative estimate of drug-likeness (QED) is 0.756. The van der Waals surface area contributed by atoms with Gasteiger partial charge in [0.25, 0.3) is 0 Å². The van der Waals surface area contributed by atoms with Crippen molar-refractivity contribution in [1.82, 2.24) is 4.90 Å². The molecule has 2 rings (SSSR count). The minimum atomic E-state index is 0.480. The Balaban J connectivity index is 1.75. The van der Waals surface area contributed by atoms with Crippen LogP contribution in [0.25, 0.3) is 0 Å². The lowest BCUT2D eigenvalue weighted by molar-refractivity contribution is 0.249. The number of rotatable bonds is 2. The first-order valence-electron chi connectivity index (χ1n) is 6.42. The molecule has 2 fully saturated rings. The second kappa shape index (κ2) is 4.06. The maximum absolute atomic E-state index is 6.00. The molecule has 0 bridgehead atoms. The standard InChI is InChI=1S/C13H26N2/c1-13(2,3)4-5-15-8-10-6-12(14)7-11(10)9-15/h10-12H,4-9,14H2,1-3H3/t10-,11?,12?/m1/s1. The van der Waals surface area contributed by atoms with Crippen LogP contribution in [-0.2, 0) is 0 Å². The lowest BCUT2D eigenvalue weighted by Crippen LogP contribution is -2.28. The van der Waals surface area contributed by atoms with Crippen LogP contribution >= 0.6 is 0 Å². The van der Waals surface area contributed by atoms with Gasteiger partial charge in [-0.25, -0.2) is 0 Å². The zero-order chi connectivity index (χ0) is 11.1. The van der Waals surface area contributed by atoms with Crippen LogP contribution in [0.5, 0.6) is 0 Å². The number of nitrogens with two attached hydrogens (primary N) is 1. The van der Waals surface area contributed by atoms with Crippen molar-refractivity contribution in [2.75, 3.05) is 19.6 Å². The highest BCUT2D eigenvalue weighted by Crippen LogP contribution is 2.37. The molecule has 0 radical (unpaired) electrons. The molecular formula is C13H26N2. The molecule has 2 unspecified atom stereocenters. The molecule has 0 aromatic rings. The van der Waals surface area contributed by atoms with Gasteiger partial charge in [0.15, 0.2) is 0 Å². The first-order valence-corrected chi connectivity index (χ1v) is 6.42. The molecule has 1 aliphatic heterocycles. The third-order valence-electron chi connectivity index (χ3n) is 4.04. The minimum Gasteiger partial charge on any atom is -0.328 e. The van der Waals surface area contributed by atoms with Crippen LogP contribution in [0, 0.1) is 17.3 Å². The molecule has 0 amide bonds. The number of hydrogen-bond acceptors (Lipinski definition) is 2. The molecule has 2 N–H and O–H groups in total. The largest absolute Gasteiger partial charge is 0.328 e. The van der Waals surface area contributed by atoms with E-state index < -0.39 is 0 Å². The molecule has 1 aliphatic carbocycles. The molecule has 0 spiro atoms. The normalized spacial score (nSPS) is 37.2. The Kier molecular flexibility index (Phi) is 3.09. The van der Waals surface area contributed by atoms with Gasteiger partial charge in [-0.15, -0.1) is 0 Å². The van der Waals surface area contributed by atoms with E-state index in [2.05, 4.69) is 25.7 Å². The molecule has 1 saturated carbocycles. The third kappa shape index (κ3) is 2.94. The predicted octanol–water partition coefficient (Wildman–Crippen LogP) is 2.09. The van der Waals surface area contributed by atoms with E-state index in [0.29, 0.717) is 11.5 Å². The average molecular weight is 210 g/mol. The van der Waals surface area contributed by atoms with Gasteiger partial charge in [0.2, 0.25) is 0 Å². The van der Waals surface area contributed by atoms with Crippen molar-refractivity contribution >= 4 is 0 Å². The summed E-state index contributed by atoms with van der Waals surface area (Å²) in [6.07, 6.45) is 3.87. The fraction of sp³-hybridized carbons (Fsp3) is 1.00. The van der Waals surface area contributed by atoms with Crippen LogP contribution in [-0.4, -0.2) is 30.6 Å². The van der Waals surface area contributed by atoms with Gasteiger partial charge in [0.05, 0.1) is 0 Å². The van der Waals surface area contributed by atoms with E-state index >= 15 is 0 Å². The molecule has 3 atom stereocenters. The highest BCUT2D eigenvalue weighted by molar-refractivity contribution is 4.93. The van der Waals surface area contributed by atoms with Gasteiger partial charge < -0.3 is 10.6 Å². The highest BCUT2D eigenvalue weighted by atomic mass is 15.2. The van der Waals surface area contributed by atoms with Gasteiger partial charge in [0, 0.05) is 19.1 Å². The molecule has 2 heteroatoms. The fourth-order valence-corrected chi connectivity index (χ4v) is 3.12. The Labute approximate surface area is 94.2 Å². The SMILES string of the molecule is CC(C)(C)CCN1CC2CC(N)C[C@@H]2C1. The minimum absolute atomic E-state index is 0.480. The van der Waals surface area contributed by atoms with E-state index in [9.17, 15) is 0 Å². The topological polar surface area (TPSA) is 29.3 Å². The Hall–Kier alpha value is -0.0800. The first-order chi connectivity index (χ1) is 6.94. The maximum atomic E-state index is 6.00. The van der Waals surface area contributed by atoms with E-state index in [-0.39, 0.29) is 0 Å². The molecule has 2 nitrogen and oxygen atoms in total. The van der Waals surface area contributed by atoms with E-state index in [4.69, 9.17) is 5.73 Å².